The fourth-order valence-electron chi connectivity index (χ4n) is 2.26. The molecular weight excluding hydrogens is 258 g/mol. The molecule has 0 aliphatic carbocycles. The molecule has 0 amide bonds. The first-order chi connectivity index (χ1) is 9.18. The topological polar surface area (TPSA) is 39.1 Å². The van der Waals surface area contributed by atoms with Crippen LogP contribution in [0.5, 0.6) is 0 Å². The molecular formula is C15H13NO2S. The number of fused-ring (bicyclic) bond motifs is 1. The van der Waals surface area contributed by atoms with E-state index in [1.54, 1.807) is 29.3 Å². The van der Waals surface area contributed by atoms with Gasteiger partial charge in [-0.1, -0.05) is 18.2 Å². The first-order valence-electron chi connectivity index (χ1n) is 6.16. The molecule has 96 valence electrons. The van der Waals surface area contributed by atoms with E-state index in [4.69, 9.17) is 0 Å². The van der Waals surface area contributed by atoms with Crippen molar-refractivity contribution in [3.63, 3.8) is 0 Å². The van der Waals surface area contributed by atoms with Crippen molar-refractivity contribution in [2.24, 2.45) is 0 Å². The number of Topliss-reactive ketones (excluding diaryl/α,β-unsaturated/α-hetero) is 1. The van der Waals surface area contributed by atoms with Crippen LogP contribution in [0.3, 0.4) is 0 Å². The first-order valence-corrected chi connectivity index (χ1v) is 7.15. The van der Waals surface area contributed by atoms with Crippen molar-refractivity contribution in [1.29, 1.82) is 0 Å². The molecule has 1 aromatic carbocycles. The van der Waals surface area contributed by atoms with E-state index < -0.39 is 0 Å². The number of benzene rings is 1. The maximum absolute atomic E-state index is 12.4. The van der Waals surface area contributed by atoms with E-state index in [1.807, 2.05) is 30.3 Å². The molecule has 0 atom stereocenters. The molecule has 0 bridgehead atoms. The summed E-state index contributed by atoms with van der Waals surface area (Å²) in [4.78, 5) is 24.4. The number of para-hydroxylation sites is 1. The molecule has 0 saturated heterocycles. The monoisotopic (exact) mass is 271 g/mol. The van der Waals surface area contributed by atoms with Gasteiger partial charge in [-0.05, 0) is 25.1 Å². The summed E-state index contributed by atoms with van der Waals surface area (Å²) in [5.41, 5.74) is 2.05. The van der Waals surface area contributed by atoms with E-state index >= 15 is 0 Å². The van der Waals surface area contributed by atoms with Crippen LogP contribution in [0.4, 0.5) is 0 Å². The van der Waals surface area contributed by atoms with Gasteiger partial charge in [0.25, 0.3) is 5.56 Å². The van der Waals surface area contributed by atoms with E-state index in [-0.39, 0.29) is 11.3 Å². The van der Waals surface area contributed by atoms with Gasteiger partial charge in [-0.2, -0.15) is 0 Å². The number of nitrogens with zero attached hydrogens (tertiary/aromatic N) is 1. The van der Waals surface area contributed by atoms with Gasteiger partial charge in [0.15, 0.2) is 5.78 Å². The lowest BCUT2D eigenvalue weighted by molar-refractivity contribution is 0.0983. The van der Waals surface area contributed by atoms with Gasteiger partial charge in [-0.25, -0.2) is 0 Å². The Morgan fingerprint density at radius 3 is 2.63 bits per heavy atom. The number of carbonyl (C=O) groups excluding carboxylic acids is 1. The third kappa shape index (κ3) is 2.02. The average molecular weight is 271 g/mol. The highest BCUT2D eigenvalue weighted by atomic mass is 32.2. The van der Waals surface area contributed by atoms with Crippen LogP contribution >= 0.6 is 11.8 Å². The summed E-state index contributed by atoms with van der Waals surface area (Å²) in [6, 6.07) is 11.2. The fourth-order valence-corrected chi connectivity index (χ4v) is 3.38. The molecule has 3 rings (SSSR count). The molecule has 0 N–H and O–H groups in total. The molecule has 2 heterocycles. The summed E-state index contributed by atoms with van der Waals surface area (Å²) >= 11 is 1.58. The van der Waals surface area contributed by atoms with Crippen LogP contribution in [0, 0.1) is 6.92 Å². The van der Waals surface area contributed by atoms with Crippen molar-refractivity contribution in [2.75, 3.05) is 5.75 Å². The number of ketones is 1. The van der Waals surface area contributed by atoms with E-state index in [9.17, 15) is 9.59 Å². The Balaban J connectivity index is 2.35. The lowest BCUT2D eigenvalue weighted by atomic mass is 10.1. The van der Waals surface area contributed by atoms with Crippen LogP contribution in [-0.4, -0.2) is 16.1 Å². The molecule has 4 heteroatoms. The number of thioether (sulfide) groups is 1. The maximum atomic E-state index is 12.4. The van der Waals surface area contributed by atoms with Crippen LogP contribution in [-0.2, 0) is 0 Å². The average Bonchev–Trinajstić information content (AvgIpc) is 2.42. The fraction of sp³-hybridized carbons (Fsp3) is 0.200. The predicted molar refractivity (Wildman–Crippen MR) is 76.4 cm³/mol. The summed E-state index contributed by atoms with van der Waals surface area (Å²) in [5.74, 6) is 0.864. The SMILES string of the molecule is Cc1cc2c(n(-c3ccccc3)c1=O)SCCC2=O. The maximum Gasteiger partial charge on any atom is 0.258 e. The van der Waals surface area contributed by atoms with E-state index in [2.05, 4.69) is 0 Å². The standard InChI is InChI=1S/C15H13NO2S/c1-10-9-12-13(17)7-8-19-15(12)16(14(10)18)11-5-3-2-4-6-11/h2-6,9H,7-8H2,1H3. The van der Waals surface area contributed by atoms with Crippen LogP contribution in [0.15, 0.2) is 46.2 Å². The third-order valence-electron chi connectivity index (χ3n) is 3.22. The van der Waals surface area contributed by atoms with E-state index in [0.717, 1.165) is 16.5 Å². The second-order valence-corrected chi connectivity index (χ2v) is 5.63. The highest BCUT2D eigenvalue weighted by Gasteiger charge is 2.23. The Morgan fingerprint density at radius 2 is 1.89 bits per heavy atom. The predicted octanol–water partition coefficient (Wildman–Crippen LogP) is 2.82. The van der Waals surface area contributed by atoms with Gasteiger partial charge in [-0.15, -0.1) is 11.8 Å². The van der Waals surface area contributed by atoms with Crippen molar-refractivity contribution < 1.29 is 4.79 Å². The number of rotatable bonds is 1. The third-order valence-corrected chi connectivity index (χ3v) is 4.30. The van der Waals surface area contributed by atoms with Crippen molar-refractivity contribution >= 4 is 17.5 Å². The molecule has 19 heavy (non-hydrogen) atoms. The van der Waals surface area contributed by atoms with Crippen molar-refractivity contribution in [1.82, 2.24) is 4.57 Å². The zero-order valence-corrected chi connectivity index (χ0v) is 11.4. The molecule has 1 aliphatic rings. The quantitative estimate of drug-likeness (QED) is 0.800. The van der Waals surface area contributed by atoms with Gasteiger partial charge in [-0.3, -0.25) is 14.2 Å². The van der Waals surface area contributed by atoms with Gasteiger partial charge in [0, 0.05) is 29.0 Å². The second-order valence-electron chi connectivity index (χ2n) is 4.54. The second kappa shape index (κ2) is 4.70. The number of aryl methyl sites for hydroxylation is 1. The summed E-state index contributed by atoms with van der Waals surface area (Å²) in [5, 5.41) is 0.776. The number of hydrogen-bond donors (Lipinski definition) is 0. The Hall–Kier alpha value is -1.81. The van der Waals surface area contributed by atoms with Gasteiger partial charge in [0.2, 0.25) is 0 Å². The largest absolute Gasteiger partial charge is 0.294 e. The number of carbonyl (C=O) groups is 1. The molecule has 0 radical (unpaired) electrons. The highest BCUT2D eigenvalue weighted by molar-refractivity contribution is 7.99. The molecule has 2 aromatic rings. The van der Waals surface area contributed by atoms with E-state index in [0.29, 0.717) is 17.5 Å². The number of aromatic nitrogens is 1. The molecule has 1 aliphatic heterocycles. The van der Waals surface area contributed by atoms with Crippen LogP contribution in [0.2, 0.25) is 0 Å². The normalized spacial score (nSPS) is 14.3. The lowest BCUT2D eigenvalue weighted by Crippen LogP contribution is -2.26. The summed E-state index contributed by atoms with van der Waals surface area (Å²) in [7, 11) is 0. The highest BCUT2D eigenvalue weighted by Crippen LogP contribution is 2.31. The lowest BCUT2D eigenvalue weighted by Gasteiger charge is -2.20. The summed E-state index contributed by atoms with van der Waals surface area (Å²) in [6.07, 6.45) is 0.546. The zero-order chi connectivity index (χ0) is 13.4. The molecule has 0 spiro atoms. The molecule has 3 nitrogen and oxygen atoms in total. The Labute approximate surface area is 115 Å². The van der Waals surface area contributed by atoms with Gasteiger partial charge in [0.1, 0.15) is 0 Å². The van der Waals surface area contributed by atoms with Gasteiger partial charge < -0.3 is 0 Å². The van der Waals surface area contributed by atoms with Crippen molar-refractivity contribution in [3.05, 3.63) is 57.9 Å². The number of hydrogen-bond acceptors (Lipinski definition) is 3. The Bertz CT molecular complexity index is 704. The molecule has 0 fully saturated rings. The van der Waals surface area contributed by atoms with Crippen LogP contribution < -0.4 is 5.56 Å². The number of pyridine rings is 1. The van der Waals surface area contributed by atoms with Gasteiger partial charge in [0.05, 0.1) is 5.03 Å². The summed E-state index contributed by atoms with van der Waals surface area (Å²) < 4.78 is 1.66. The Morgan fingerprint density at radius 1 is 1.16 bits per heavy atom. The first kappa shape index (κ1) is 12.2. The minimum absolute atomic E-state index is 0.0489. The molecule has 0 saturated carbocycles. The van der Waals surface area contributed by atoms with Crippen molar-refractivity contribution in [2.45, 2.75) is 18.4 Å². The molecule has 1 aromatic heterocycles. The zero-order valence-electron chi connectivity index (χ0n) is 10.6. The van der Waals surface area contributed by atoms with Crippen molar-refractivity contribution in [3.8, 4) is 5.69 Å². The molecule has 0 unspecified atom stereocenters. The van der Waals surface area contributed by atoms with Gasteiger partial charge >= 0.3 is 0 Å². The van der Waals surface area contributed by atoms with E-state index in [1.165, 1.54) is 0 Å². The Kier molecular flexibility index (Phi) is 3.03. The van der Waals surface area contributed by atoms with Crippen LogP contribution in [0.25, 0.3) is 5.69 Å². The minimum atomic E-state index is -0.0489. The van der Waals surface area contributed by atoms with Crippen LogP contribution in [0.1, 0.15) is 22.3 Å². The summed E-state index contributed by atoms with van der Waals surface area (Å²) in [6.45, 7) is 1.76. The minimum Gasteiger partial charge on any atom is -0.294 e. The smallest absolute Gasteiger partial charge is 0.258 e.